The lowest BCUT2D eigenvalue weighted by Crippen LogP contribution is -2.27. The lowest BCUT2D eigenvalue weighted by molar-refractivity contribution is 0.0844. The standard InChI is InChI=1S/C11H23N7O/c1-8(2)19-7-6-18(5)11-14-9(16-12)13-10(15-11)17(3)4/h8H,6-7,12H2,1-5H3,(H,13,14,15,16). The largest absolute Gasteiger partial charge is 0.377 e. The molecule has 0 radical (unpaired) electrons. The Hall–Kier alpha value is -1.67. The maximum absolute atomic E-state index is 5.50. The third-order valence-electron chi connectivity index (χ3n) is 2.36. The molecule has 0 amide bonds. The van der Waals surface area contributed by atoms with Gasteiger partial charge in [-0.15, -0.1) is 0 Å². The molecule has 0 aliphatic rings. The van der Waals surface area contributed by atoms with E-state index in [1.165, 1.54) is 0 Å². The van der Waals surface area contributed by atoms with Crippen LogP contribution in [0.4, 0.5) is 17.8 Å². The summed E-state index contributed by atoms with van der Waals surface area (Å²) in [7, 11) is 5.63. The normalized spacial score (nSPS) is 10.7. The highest BCUT2D eigenvalue weighted by atomic mass is 16.5. The third-order valence-corrected chi connectivity index (χ3v) is 2.36. The van der Waals surface area contributed by atoms with Crippen LogP contribution in [0.15, 0.2) is 0 Å². The van der Waals surface area contributed by atoms with Crippen LogP contribution in [0.1, 0.15) is 13.8 Å². The average Bonchev–Trinajstić information content (AvgIpc) is 2.37. The minimum absolute atomic E-state index is 0.213. The maximum Gasteiger partial charge on any atom is 0.243 e. The van der Waals surface area contributed by atoms with E-state index in [9.17, 15) is 0 Å². The number of aromatic nitrogens is 3. The lowest BCUT2D eigenvalue weighted by atomic mass is 10.5. The first-order valence-corrected chi connectivity index (χ1v) is 6.16. The zero-order valence-corrected chi connectivity index (χ0v) is 12.2. The van der Waals surface area contributed by atoms with Gasteiger partial charge < -0.3 is 14.5 Å². The Labute approximate surface area is 114 Å². The first kappa shape index (κ1) is 15.4. The van der Waals surface area contributed by atoms with Crippen LogP contribution in [0.25, 0.3) is 0 Å². The van der Waals surface area contributed by atoms with Crippen molar-refractivity contribution in [1.82, 2.24) is 15.0 Å². The summed E-state index contributed by atoms with van der Waals surface area (Å²) in [5, 5.41) is 0. The predicted octanol–water partition coefficient (Wildman–Crippen LogP) is 0.0844. The molecule has 1 aromatic heterocycles. The lowest BCUT2D eigenvalue weighted by Gasteiger charge is -2.20. The fraction of sp³-hybridized carbons (Fsp3) is 0.727. The molecule has 0 spiro atoms. The second-order valence-corrected chi connectivity index (χ2v) is 4.64. The van der Waals surface area contributed by atoms with Crippen LogP contribution >= 0.6 is 0 Å². The summed E-state index contributed by atoms with van der Waals surface area (Å²) in [5.74, 6) is 6.81. The van der Waals surface area contributed by atoms with E-state index in [0.29, 0.717) is 31.0 Å². The molecule has 0 aromatic carbocycles. The quantitative estimate of drug-likeness (QED) is 0.531. The van der Waals surface area contributed by atoms with Crippen LogP contribution in [-0.2, 0) is 4.74 Å². The van der Waals surface area contributed by atoms with Crippen molar-refractivity contribution in [2.75, 3.05) is 49.5 Å². The van der Waals surface area contributed by atoms with E-state index in [-0.39, 0.29) is 6.10 Å². The number of nitrogens with two attached hydrogens (primary N) is 1. The van der Waals surface area contributed by atoms with E-state index in [1.54, 1.807) is 4.90 Å². The minimum Gasteiger partial charge on any atom is -0.377 e. The Bertz CT molecular complexity index is 397. The SMILES string of the molecule is CC(C)OCCN(C)c1nc(NN)nc(N(C)C)n1. The van der Waals surface area contributed by atoms with Gasteiger partial charge in [-0.1, -0.05) is 0 Å². The summed E-state index contributed by atoms with van der Waals surface area (Å²) in [6.07, 6.45) is 0.213. The smallest absolute Gasteiger partial charge is 0.243 e. The molecule has 0 aliphatic carbocycles. The molecule has 108 valence electrons. The average molecular weight is 269 g/mol. The zero-order chi connectivity index (χ0) is 14.4. The van der Waals surface area contributed by atoms with E-state index < -0.39 is 0 Å². The highest BCUT2D eigenvalue weighted by molar-refractivity contribution is 5.43. The summed E-state index contributed by atoms with van der Waals surface area (Å²) in [5.41, 5.74) is 2.45. The number of anilines is 3. The first-order chi connectivity index (χ1) is 8.93. The Balaban J connectivity index is 2.77. The number of nitrogen functional groups attached to an aromatic ring is 1. The molecule has 0 unspecified atom stereocenters. The summed E-state index contributed by atoms with van der Waals surface area (Å²) >= 11 is 0. The number of nitrogens with one attached hydrogen (secondary N) is 1. The monoisotopic (exact) mass is 269 g/mol. The highest BCUT2D eigenvalue weighted by Crippen LogP contribution is 2.13. The van der Waals surface area contributed by atoms with E-state index in [0.717, 1.165) is 0 Å². The van der Waals surface area contributed by atoms with Crippen LogP contribution in [-0.4, -0.2) is 55.4 Å². The van der Waals surface area contributed by atoms with Crippen molar-refractivity contribution in [3.63, 3.8) is 0 Å². The Morgan fingerprint density at radius 2 is 1.79 bits per heavy atom. The molecule has 3 N–H and O–H groups in total. The van der Waals surface area contributed by atoms with Gasteiger partial charge in [0.1, 0.15) is 0 Å². The van der Waals surface area contributed by atoms with E-state index >= 15 is 0 Å². The summed E-state index contributed by atoms with van der Waals surface area (Å²) in [6, 6.07) is 0. The minimum atomic E-state index is 0.213. The molecule has 19 heavy (non-hydrogen) atoms. The first-order valence-electron chi connectivity index (χ1n) is 6.16. The molecule has 0 bridgehead atoms. The Morgan fingerprint density at radius 3 is 2.32 bits per heavy atom. The molecule has 8 heteroatoms. The maximum atomic E-state index is 5.50. The van der Waals surface area contributed by atoms with Gasteiger partial charge in [-0.2, -0.15) is 15.0 Å². The molecule has 0 fully saturated rings. The van der Waals surface area contributed by atoms with Gasteiger partial charge in [0, 0.05) is 27.7 Å². The van der Waals surface area contributed by atoms with Crippen LogP contribution < -0.4 is 21.1 Å². The Kier molecular flexibility index (Phi) is 5.71. The second-order valence-electron chi connectivity index (χ2n) is 4.64. The number of rotatable bonds is 7. The zero-order valence-electron chi connectivity index (χ0n) is 12.2. The molecule has 0 saturated heterocycles. The Morgan fingerprint density at radius 1 is 1.16 bits per heavy atom. The van der Waals surface area contributed by atoms with Gasteiger partial charge in [-0.25, -0.2) is 5.84 Å². The molecule has 1 rings (SSSR count). The van der Waals surface area contributed by atoms with Crippen LogP contribution in [0.3, 0.4) is 0 Å². The van der Waals surface area contributed by atoms with Crippen LogP contribution in [0.5, 0.6) is 0 Å². The number of likely N-dealkylation sites (N-methyl/N-ethyl adjacent to an activating group) is 1. The molecule has 0 aliphatic heterocycles. The van der Waals surface area contributed by atoms with Gasteiger partial charge in [0.05, 0.1) is 12.7 Å². The van der Waals surface area contributed by atoms with Gasteiger partial charge in [0.2, 0.25) is 17.8 Å². The number of hydrogen-bond donors (Lipinski definition) is 2. The number of hydrazine groups is 1. The van der Waals surface area contributed by atoms with Crippen molar-refractivity contribution < 1.29 is 4.74 Å². The van der Waals surface area contributed by atoms with E-state index in [2.05, 4.69) is 20.4 Å². The number of nitrogens with zero attached hydrogens (tertiary/aromatic N) is 5. The molecular weight excluding hydrogens is 246 g/mol. The van der Waals surface area contributed by atoms with Crippen LogP contribution in [0.2, 0.25) is 0 Å². The summed E-state index contributed by atoms with van der Waals surface area (Å²) in [4.78, 5) is 16.4. The molecule has 0 saturated carbocycles. The number of ether oxygens (including phenoxy) is 1. The number of hydrogen-bond acceptors (Lipinski definition) is 8. The van der Waals surface area contributed by atoms with Crippen molar-refractivity contribution >= 4 is 17.8 Å². The van der Waals surface area contributed by atoms with Crippen LogP contribution in [0, 0.1) is 0 Å². The van der Waals surface area contributed by atoms with Gasteiger partial charge >= 0.3 is 0 Å². The third kappa shape index (κ3) is 4.84. The van der Waals surface area contributed by atoms with E-state index in [4.69, 9.17) is 10.6 Å². The molecule has 0 atom stereocenters. The van der Waals surface area contributed by atoms with Gasteiger partial charge in [0.15, 0.2) is 0 Å². The molecule has 1 heterocycles. The molecule has 1 aromatic rings. The van der Waals surface area contributed by atoms with Crippen molar-refractivity contribution in [3.05, 3.63) is 0 Å². The summed E-state index contributed by atoms with van der Waals surface area (Å²) < 4.78 is 5.50. The van der Waals surface area contributed by atoms with Crippen molar-refractivity contribution in [2.24, 2.45) is 5.84 Å². The molecular formula is C11H23N7O. The second kappa shape index (κ2) is 7.05. The van der Waals surface area contributed by atoms with E-state index in [1.807, 2.05) is 39.9 Å². The highest BCUT2D eigenvalue weighted by Gasteiger charge is 2.11. The predicted molar refractivity (Wildman–Crippen MR) is 76.3 cm³/mol. The van der Waals surface area contributed by atoms with Gasteiger partial charge in [-0.05, 0) is 13.8 Å². The fourth-order valence-corrected chi connectivity index (χ4v) is 1.31. The van der Waals surface area contributed by atoms with Gasteiger partial charge in [0.25, 0.3) is 0 Å². The van der Waals surface area contributed by atoms with Crippen molar-refractivity contribution in [1.29, 1.82) is 0 Å². The summed E-state index contributed by atoms with van der Waals surface area (Å²) in [6.45, 7) is 5.31. The van der Waals surface area contributed by atoms with Crippen molar-refractivity contribution in [2.45, 2.75) is 20.0 Å². The molecule has 8 nitrogen and oxygen atoms in total. The topological polar surface area (TPSA) is 92.4 Å². The van der Waals surface area contributed by atoms with Crippen molar-refractivity contribution in [3.8, 4) is 0 Å². The fourth-order valence-electron chi connectivity index (χ4n) is 1.31. The van der Waals surface area contributed by atoms with Gasteiger partial charge in [-0.3, -0.25) is 5.43 Å².